The second-order valence-electron chi connectivity index (χ2n) is 9.59. The lowest BCUT2D eigenvalue weighted by molar-refractivity contribution is 1.28. The van der Waals surface area contributed by atoms with E-state index < -0.39 is 0 Å². The smallest absolute Gasteiger partial charge is 0.139 e. The van der Waals surface area contributed by atoms with Gasteiger partial charge < -0.3 is 4.90 Å². The summed E-state index contributed by atoms with van der Waals surface area (Å²) in [5, 5.41) is 2.53. The van der Waals surface area contributed by atoms with E-state index in [1.165, 1.54) is 38.5 Å². The standard InChI is InChI=1S/C36H28BN/c37-32-21-18-30-24-27(16-17-31(30)26-32)25-36(28-10-4-1-5-11-28)29-19-22-35(23-20-29)38(33-12-6-2-7-13-33)34-14-8-3-9-15-34/h1-26H,37H2/b36-25+. The molecule has 0 aliphatic heterocycles. The summed E-state index contributed by atoms with van der Waals surface area (Å²) < 4.78 is 0. The van der Waals surface area contributed by atoms with Crippen molar-refractivity contribution in [3.05, 3.63) is 168 Å². The molecule has 180 valence electrons. The van der Waals surface area contributed by atoms with Crippen LogP contribution in [0.1, 0.15) is 16.7 Å². The number of anilines is 3. The summed E-state index contributed by atoms with van der Waals surface area (Å²) in [6.45, 7) is 0. The van der Waals surface area contributed by atoms with Crippen molar-refractivity contribution in [3.8, 4) is 0 Å². The largest absolute Gasteiger partial charge is 0.311 e. The van der Waals surface area contributed by atoms with Gasteiger partial charge in [0.25, 0.3) is 0 Å². The molecule has 0 unspecified atom stereocenters. The summed E-state index contributed by atoms with van der Waals surface area (Å²) in [5.74, 6) is 0. The first-order valence-corrected chi connectivity index (χ1v) is 13.0. The Balaban J connectivity index is 1.43. The van der Waals surface area contributed by atoms with E-state index in [1.54, 1.807) is 0 Å². The molecule has 0 aromatic heterocycles. The van der Waals surface area contributed by atoms with Crippen molar-refractivity contribution in [2.24, 2.45) is 0 Å². The second kappa shape index (κ2) is 10.7. The van der Waals surface area contributed by atoms with Gasteiger partial charge in [-0.3, -0.25) is 0 Å². The molecule has 0 bridgehead atoms. The Bertz CT molecular complexity index is 1650. The third-order valence-corrected chi connectivity index (χ3v) is 6.88. The fraction of sp³-hybridized carbons (Fsp3) is 0. The van der Waals surface area contributed by atoms with Crippen molar-refractivity contribution in [1.29, 1.82) is 0 Å². The minimum Gasteiger partial charge on any atom is -0.311 e. The Morgan fingerprint density at radius 3 is 1.61 bits per heavy atom. The molecule has 0 N–H and O–H groups in total. The van der Waals surface area contributed by atoms with Crippen molar-refractivity contribution in [2.45, 2.75) is 0 Å². The molecule has 0 fully saturated rings. The van der Waals surface area contributed by atoms with E-state index in [9.17, 15) is 0 Å². The Hall–Kier alpha value is -4.82. The summed E-state index contributed by atoms with van der Waals surface area (Å²) >= 11 is 0. The zero-order chi connectivity index (χ0) is 25.7. The Morgan fingerprint density at radius 2 is 0.974 bits per heavy atom. The first-order valence-electron chi connectivity index (χ1n) is 13.0. The van der Waals surface area contributed by atoms with Crippen LogP contribution in [0.3, 0.4) is 0 Å². The van der Waals surface area contributed by atoms with Gasteiger partial charge in [0.1, 0.15) is 7.85 Å². The summed E-state index contributed by atoms with van der Waals surface area (Å²) in [7, 11) is 2.14. The first-order chi connectivity index (χ1) is 18.7. The highest BCUT2D eigenvalue weighted by Gasteiger charge is 2.13. The Morgan fingerprint density at radius 1 is 0.474 bits per heavy atom. The van der Waals surface area contributed by atoms with Crippen LogP contribution in [-0.4, -0.2) is 7.85 Å². The van der Waals surface area contributed by atoms with Gasteiger partial charge in [-0.05, 0) is 81.6 Å². The summed E-state index contributed by atoms with van der Waals surface area (Å²) in [6.07, 6.45) is 2.30. The van der Waals surface area contributed by atoms with E-state index in [-0.39, 0.29) is 0 Å². The van der Waals surface area contributed by atoms with Crippen molar-refractivity contribution in [2.75, 3.05) is 4.90 Å². The Labute approximate surface area is 225 Å². The van der Waals surface area contributed by atoms with Crippen LogP contribution < -0.4 is 10.4 Å². The minimum atomic E-state index is 1.12. The zero-order valence-corrected chi connectivity index (χ0v) is 21.5. The third kappa shape index (κ3) is 5.03. The quantitative estimate of drug-likeness (QED) is 0.170. The highest BCUT2D eigenvalue weighted by atomic mass is 15.1. The van der Waals surface area contributed by atoms with Crippen molar-refractivity contribution in [3.63, 3.8) is 0 Å². The fourth-order valence-corrected chi connectivity index (χ4v) is 4.98. The SMILES string of the molecule is Bc1ccc2cc(/C=C(\c3ccccc3)c3ccc(N(c4ccccc4)c4ccccc4)cc3)ccc2c1. The lowest BCUT2D eigenvalue weighted by atomic mass is 9.92. The van der Waals surface area contributed by atoms with E-state index in [0.29, 0.717) is 0 Å². The van der Waals surface area contributed by atoms with Crippen LogP contribution in [0.4, 0.5) is 17.1 Å². The van der Waals surface area contributed by atoms with Crippen molar-refractivity contribution >= 4 is 52.8 Å². The van der Waals surface area contributed by atoms with Gasteiger partial charge in [-0.2, -0.15) is 0 Å². The maximum Gasteiger partial charge on any atom is 0.139 e. The van der Waals surface area contributed by atoms with Crippen LogP contribution in [0, 0.1) is 0 Å². The van der Waals surface area contributed by atoms with Gasteiger partial charge >= 0.3 is 0 Å². The van der Waals surface area contributed by atoms with Gasteiger partial charge in [0.05, 0.1) is 0 Å². The molecular formula is C36H28BN. The number of para-hydroxylation sites is 2. The average Bonchev–Trinajstić information content (AvgIpc) is 2.98. The molecule has 0 amide bonds. The van der Waals surface area contributed by atoms with Crippen LogP contribution in [0.5, 0.6) is 0 Å². The zero-order valence-electron chi connectivity index (χ0n) is 21.5. The molecule has 0 aliphatic rings. The monoisotopic (exact) mass is 485 g/mol. The van der Waals surface area contributed by atoms with Gasteiger partial charge in [0, 0.05) is 17.1 Å². The second-order valence-corrected chi connectivity index (χ2v) is 9.59. The molecule has 0 aliphatic carbocycles. The normalized spacial score (nSPS) is 11.4. The molecule has 0 atom stereocenters. The maximum absolute atomic E-state index is 2.30. The van der Waals surface area contributed by atoms with Gasteiger partial charge in [-0.15, -0.1) is 0 Å². The number of fused-ring (bicyclic) bond motifs is 1. The molecule has 6 rings (SSSR count). The minimum absolute atomic E-state index is 1.12. The first kappa shape index (κ1) is 23.6. The molecule has 0 radical (unpaired) electrons. The van der Waals surface area contributed by atoms with E-state index >= 15 is 0 Å². The predicted molar refractivity (Wildman–Crippen MR) is 167 cm³/mol. The molecule has 0 saturated heterocycles. The van der Waals surface area contributed by atoms with Crippen LogP contribution in [0.15, 0.2) is 152 Å². The van der Waals surface area contributed by atoms with Crippen LogP contribution >= 0.6 is 0 Å². The predicted octanol–water partition coefficient (Wildman–Crippen LogP) is 8.16. The molecule has 6 aromatic rings. The van der Waals surface area contributed by atoms with Gasteiger partial charge in [-0.25, -0.2) is 0 Å². The molecule has 0 spiro atoms. The van der Waals surface area contributed by atoms with Crippen molar-refractivity contribution in [1.82, 2.24) is 0 Å². The number of hydrogen-bond acceptors (Lipinski definition) is 1. The number of nitrogens with zero attached hydrogens (tertiary/aromatic N) is 1. The number of rotatable bonds is 6. The number of hydrogen-bond donors (Lipinski definition) is 0. The van der Waals surface area contributed by atoms with E-state index in [1.807, 2.05) is 0 Å². The third-order valence-electron chi connectivity index (χ3n) is 6.88. The molecule has 2 heteroatoms. The molecular weight excluding hydrogens is 457 g/mol. The Kier molecular flexibility index (Phi) is 6.61. The maximum atomic E-state index is 2.30. The highest BCUT2D eigenvalue weighted by Crippen LogP contribution is 2.36. The molecule has 38 heavy (non-hydrogen) atoms. The van der Waals surface area contributed by atoms with E-state index in [2.05, 4.69) is 170 Å². The van der Waals surface area contributed by atoms with E-state index in [0.717, 1.165) is 17.1 Å². The molecule has 0 heterocycles. The number of benzene rings is 6. The fourth-order valence-electron chi connectivity index (χ4n) is 4.98. The highest BCUT2D eigenvalue weighted by molar-refractivity contribution is 6.33. The average molecular weight is 485 g/mol. The van der Waals surface area contributed by atoms with Crippen LogP contribution in [0.25, 0.3) is 22.4 Å². The van der Waals surface area contributed by atoms with Gasteiger partial charge in [-0.1, -0.05) is 115 Å². The topological polar surface area (TPSA) is 3.24 Å². The summed E-state index contributed by atoms with van der Waals surface area (Å²) in [5.41, 5.74) is 9.46. The molecule has 6 aromatic carbocycles. The van der Waals surface area contributed by atoms with E-state index in [4.69, 9.17) is 0 Å². The lowest BCUT2D eigenvalue weighted by Gasteiger charge is -2.25. The molecule has 0 saturated carbocycles. The molecule has 1 nitrogen and oxygen atoms in total. The summed E-state index contributed by atoms with van der Waals surface area (Å²) in [6, 6.07) is 53.9. The summed E-state index contributed by atoms with van der Waals surface area (Å²) in [4.78, 5) is 2.29. The van der Waals surface area contributed by atoms with Gasteiger partial charge in [0.15, 0.2) is 0 Å². The van der Waals surface area contributed by atoms with Crippen LogP contribution in [0.2, 0.25) is 0 Å². The van der Waals surface area contributed by atoms with Crippen molar-refractivity contribution < 1.29 is 0 Å². The van der Waals surface area contributed by atoms with Gasteiger partial charge in [0.2, 0.25) is 0 Å². The van der Waals surface area contributed by atoms with Crippen LogP contribution in [-0.2, 0) is 0 Å². The lowest BCUT2D eigenvalue weighted by Crippen LogP contribution is -2.09.